The molecule has 9 heavy (non-hydrogen) atoms. The second kappa shape index (κ2) is 1.91. The van der Waals surface area contributed by atoms with E-state index in [4.69, 9.17) is 9.79 Å². The number of hydrogen-bond acceptors (Lipinski definition) is 3. The lowest BCUT2D eigenvalue weighted by atomic mass is 11.0. The molecule has 1 aromatic heterocycles. The summed E-state index contributed by atoms with van der Waals surface area (Å²) in [5.74, 6) is 0. The van der Waals surface area contributed by atoms with Gasteiger partial charge in [0.1, 0.15) is 0 Å². The molecule has 0 spiro atoms. The first-order chi connectivity index (χ1) is 4.11. The summed E-state index contributed by atoms with van der Waals surface area (Å²) in [6.07, 6.45) is 2.29. The molecule has 0 aliphatic heterocycles. The van der Waals surface area contributed by atoms with E-state index in [9.17, 15) is 4.57 Å². The molecule has 1 heterocycles. The summed E-state index contributed by atoms with van der Waals surface area (Å²) >= 11 is 0. The van der Waals surface area contributed by atoms with Crippen molar-refractivity contribution in [2.75, 3.05) is 0 Å². The third-order valence-corrected chi connectivity index (χ3v) is 1.42. The molecule has 0 saturated carbocycles. The average molecular weight is 149 g/mol. The van der Waals surface area contributed by atoms with Gasteiger partial charge in [-0.05, 0) is 0 Å². The fourth-order valence-corrected chi connectivity index (χ4v) is 0.725. The summed E-state index contributed by atoms with van der Waals surface area (Å²) in [4.78, 5) is 16.7. The molecule has 0 amide bonds. The molecule has 0 saturated heterocycles. The molecular formula is C2H4N3O3P. The summed E-state index contributed by atoms with van der Waals surface area (Å²) in [6.45, 7) is 0. The highest BCUT2D eigenvalue weighted by molar-refractivity contribution is 7.49. The molecule has 0 atom stereocenters. The van der Waals surface area contributed by atoms with Crippen molar-refractivity contribution in [3.05, 3.63) is 12.4 Å². The van der Waals surface area contributed by atoms with Crippen molar-refractivity contribution in [3.63, 3.8) is 0 Å². The SMILES string of the molecule is O=P(O)(O)n1ccnn1. The molecule has 1 rings (SSSR count). The van der Waals surface area contributed by atoms with E-state index in [0.717, 1.165) is 6.20 Å². The molecule has 2 N–H and O–H groups in total. The van der Waals surface area contributed by atoms with Gasteiger partial charge in [0.05, 0.1) is 12.4 Å². The Morgan fingerprint density at radius 3 is 2.44 bits per heavy atom. The molecule has 1 aromatic rings. The Hall–Kier alpha value is -0.710. The van der Waals surface area contributed by atoms with Crippen molar-refractivity contribution in [1.29, 1.82) is 0 Å². The van der Waals surface area contributed by atoms with Crippen LogP contribution in [0.5, 0.6) is 0 Å². The lowest BCUT2D eigenvalue weighted by Gasteiger charge is -1.98. The average Bonchev–Trinajstić information content (AvgIpc) is 2.08. The highest BCUT2D eigenvalue weighted by Crippen LogP contribution is 2.34. The van der Waals surface area contributed by atoms with E-state index in [-0.39, 0.29) is 0 Å². The maximum absolute atomic E-state index is 10.2. The van der Waals surface area contributed by atoms with E-state index in [2.05, 4.69) is 10.3 Å². The van der Waals surface area contributed by atoms with Crippen molar-refractivity contribution in [1.82, 2.24) is 14.8 Å². The van der Waals surface area contributed by atoms with Crippen LogP contribution < -0.4 is 0 Å². The monoisotopic (exact) mass is 149 g/mol. The molecule has 0 aromatic carbocycles. The zero-order valence-electron chi connectivity index (χ0n) is 4.25. The second-order valence-corrected chi connectivity index (χ2v) is 2.77. The largest absolute Gasteiger partial charge is 0.451 e. The van der Waals surface area contributed by atoms with Crippen LogP contribution in [0, 0.1) is 0 Å². The van der Waals surface area contributed by atoms with Crippen LogP contribution in [-0.4, -0.2) is 24.6 Å². The van der Waals surface area contributed by atoms with Gasteiger partial charge in [-0.1, -0.05) is 5.21 Å². The van der Waals surface area contributed by atoms with Gasteiger partial charge in [0.15, 0.2) is 0 Å². The Labute approximate surface area is 50.3 Å². The predicted molar refractivity (Wildman–Crippen MR) is 27.5 cm³/mol. The minimum absolute atomic E-state index is 0.493. The summed E-state index contributed by atoms with van der Waals surface area (Å²) in [5, 5.41) is 6.30. The van der Waals surface area contributed by atoms with Crippen molar-refractivity contribution < 1.29 is 14.4 Å². The zero-order chi connectivity index (χ0) is 6.91. The Kier molecular flexibility index (Phi) is 1.36. The predicted octanol–water partition coefficient (Wildman–Crippen LogP) is -0.781. The van der Waals surface area contributed by atoms with Crippen LogP contribution in [0.4, 0.5) is 0 Å². The number of hydrogen-bond donors (Lipinski definition) is 2. The Morgan fingerprint density at radius 1 is 1.56 bits per heavy atom. The molecule has 50 valence electrons. The minimum Gasteiger partial charge on any atom is -0.307 e. The Bertz CT molecular complexity index is 225. The van der Waals surface area contributed by atoms with E-state index >= 15 is 0 Å². The quantitative estimate of drug-likeness (QED) is 0.511. The van der Waals surface area contributed by atoms with Gasteiger partial charge in [0.2, 0.25) is 0 Å². The first-order valence-corrected chi connectivity index (χ1v) is 3.60. The zero-order valence-corrected chi connectivity index (χ0v) is 5.14. The lowest BCUT2D eigenvalue weighted by molar-refractivity contribution is 0.353. The van der Waals surface area contributed by atoms with Crippen LogP contribution in [0.1, 0.15) is 0 Å². The highest BCUT2D eigenvalue weighted by atomic mass is 31.2. The normalized spacial score (nSPS) is 11.8. The molecular weight excluding hydrogens is 145 g/mol. The maximum Gasteiger partial charge on any atom is 0.451 e. The van der Waals surface area contributed by atoms with Gasteiger partial charge >= 0.3 is 7.75 Å². The molecule has 0 unspecified atom stereocenters. The third-order valence-electron chi connectivity index (χ3n) is 0.677. The molecule has 0 bridgehead atoms. The van der Waals surface area contributed by atoms with Gasteiger partial charge in [0.25, 0.3) is 0 Å². The van der Waals surface area contributed by atoms with Crippen LogP contribution in [-0.2, 0) is 4.57 Å². The van der Waals surface area contributed by atoms with Gasteiger partial charge in [-0.15, -0.1) is 5.10 Å². The fraction of sp³-hybridized carbons (Fsp3) is 0. The molecule has 6 nitrogen and oxygen atoms in total. The van der Waals surface area contributed by atoms with Crippen molar-refractivity contribution in [2.24, 2.45) is 0 Å². The van der Waals surface area contributed by atoms with Gasteiger partial charge in [-0.2, -0.15) is 4.45 Å². The van der Waals surface area contributed by atoms with E-state index in [1.54, 1.807) is 0 Å². The fourth-order valence-electron chi connectivity index (χ4n) is 0.341. The van der Waals surface area contributed by atoms with Crippen LogP contribution in [0.2, 0.25) is 0 Å². The van der Waals surface area contributed by atoms with Gasteiger partial charge < -0.3 is 9.79 Å². The molecule has 0 aliphatic carbocycles. The summed E-state index contributed by atoms with van der Waals surface area (Å²) in [6, 6.07) is 0. The maximum atomic E-state index is 10.2. The van der Waals surface area contributed by atoms with E-state index in [1.165, 1.54) is 6.20 Å². The van der Waals surface area contributed by atoms with Gasteiger partial charge in [-0.3, -0.25) is 0 Å². The number of rotatable bonds is 1. The van der Waals surface area contributed by atoms with E-state index < -0.39 is 7.75 Å². The first-order valence-electron chi connectivity index (χ1n) is 2.03. The van der Waals surface area contributed by atoms with Crippen molar-refractivity contribution in [3.8, 4) is 0 Å². The van der Waals surface area contributed by atoms with Crippen LogP contribution in [0.15, 0.2) is 12.4 Å². The van der Waals surface area contributed by atoms with E-state index in [0.29, 0.717) is 4.45 Å². The molecule has 0 radical (unpaired) electrons. The summed E-state index contributed by atoms with van der Waals surface area (Å²) < 4.78 is 10.7. The van der Waals surface area contributed by atoms with Crippen LogP contribution >= 0.6 is 7.75 Å². The summed E-state index contributed by atoms with van der Waals surface area (Å²) in [7, 11) is -4.23. The van der Waals surface area contributed by atoms with Gasteiger partial charge in [-0.25, -0.2) is 4.57 Å². The number of nitrogens with zero attached hydrogens (tertiary/aromatic N) is 3. The minimum atomic E-state index is -4.23. The van der Waals surface area contributed by atoms with Crippen LogP contribution in [0.25, 0.3) is 0 Å². The summed E-state index contributed by atoms with van der Waals surface area (Å²) in [5.41, 5.74) is 0. The van der Waals surface area contributed by atoms with Crippen molar-refractivity contribution in [2.45, 2.75) is 0 Å². The molecule has 7 heteroatoms. The smallest absolute Gasteiger partial charge is 0.307 e. The first kappa shape index (κ1) is 6.41. The Morgan fingerprint density at radius 2 is 2.22 bits per heavy atom. The standard InChI is InChI=1S/C2H4N3O3P/c6-9(7,8)5-2-1-3-4-5/h1-2H,(H2,6,7,8). The molecule has 0 aliphatic rings. The number of aromatic nitrogens is 3. The van der Waals surface area contributed by atoms with Crippen molar-refractivity contribution >= 4 is 7.75 Å². The second-order valence-electron chi connectivity index (χ2n) is 1.34. The van der Waals surface area contributed by atoms with Crippen LogP contribution in [0.3, 0.4) is 0 Å². The van der Waals surface area contributed by atoms with E-state index in [1.807, 2.05) is 0 Å². The van der Waals surface area contributed by atoms with Gasteiger partial charge in [0, 0.05) is 0 Å². The highest BCUT2D eigenvalue weighted by Gasteiger charge is 2.15. The Balaban J connectivity index is 3.04. The lowest BCUT2D eigenvalue weighted by Crippen LogP contribution is -1.94. The molecule has 0 fully saturated rings. The third kappa shape index (κ3) is 1.35. The topological polar surface area (TPSA) is 88.2 Å².